The van der Waals surface area contributed by atoms with Crippen LogP contribution in [0.15, 0.2) is 0 Å². The molecule has 3 saturated carbocycles. The van der Waals surface area contributed by atoms with Gasteiger partial charge in [0.15, 0.2) is 0 Å². The second-order valence-corrected chi connectivity index (χ2v) is 8.95. The van der Waals surface area contributed by atoms with Crippen molar-refractivity contribution in [1.82, 2.24) is 0 Å². The minimum Gasteiger partial charge on any atom is -0.0654 e. The molecule has 0 spiro atoms. The lowest BCUT2D eigenvalue weighted by Gasteiger charge is -2.52. The fraction of sp³-hybridized carbons (Fsp3) is 1.00. The second kappa shape index (κ2) is 6.63. The first kappa shape index (κ1) is 15.9. The van der Waals surface area contributed by atoms with E-state index in [0.717, 1.165) is 47.3 Å². The number of fused-ring (bicyclic) bond motifs is 4. The maximum atomic E-state index is 2.48. The molecule has 7 atom stereocenters. The van der Waals surface area contributed by atoms with Crippen LogP contribution in [0.25, 0.3) is 0 Å². The molecule has 0 aliphatic heterocycles. The van der Waals surface area contributed by atoms with Crippen molar-refractivity contribution >= 4 is 0 Å². The van der Waals surface area contributed by atoms with Crippen LogP contribution in [0.3, 0.4) is 0 Å². The van der Waals surface area contributed by atoms with Crippen molar-refractivity contribution in [2.75, 3.05) is 0 Å². The second-order valence-electron chi connectivity index (χ2n) is 8.95. The highest BCUT2D eigenvalue weighted by Crippen LogP contribution is 2.65. The van der Waals surface area contributed by atoms with Crippen LogP contribution in [0.5, 0.6) is 0 Å². The van der Waals surface area contributed by atoms with Gasteiger partial charge in [-0.1, -0.05) is 66.2 Å². The molecule has 3 rings (SSSR count). The van der Waals surface area contributed by atoms with Gasteiger partial charge in [-0.2, -0.15) is 0 Å². The molecule has 0 heterocycles. The highest BCUT2D eigenvalue weighted by Gasteiger charge is 2.58. The normalized spacial score (nSPS) is 45.9. The largest absolute Gasteiger partial charge is 0.0654 e. The highest BCUT2D eigenvalue weighted by molar-refractivity contribution is 5.07. The van der Waals surface area contributed by atoms with E-state index in [4.69, 9.17) is 0 Å². The Hall–Kier alpha value is 0. The molecule has 0 aromatic rings. The van der Waals surface area contributed by atoms with Crippen molar-refractivity contribution in [2.24, 2.45) is 47.3 Å². The van der Waals surface area contributed by atoms with Crippen LogP contribution in [0.2, 0.25) is 0 Å². The Morgan fingerprint density at radius 2 is 1.71 bits per heavy atom. The molecule has 0 amide bonds. The molecule has 3 aliphatic carbocycles. The van der Waals surface area contributed by atoms with Gasteiger partial charge in [0.2, 0.25) is 0 Å². The van der Waals surface area contributed by atoms with Crippen LogP contribution in [0.1, 0.15) is 85.5 Å². The van der Waals surface area contributed by atoms with E-state index < -0.39 is 0 Å². The summed E-state index contributed by atoms with van der Waals surface area (Å²) in [7, 11) is 0. The van der Waals surface area contributed by atoms with Gasteiger partial charge in [-0.15, -0.1) is 0 Å². The predicted molar refractivity (Wildman–Crippen MR) is 92.2 cm³/mol. The topological polar surface area (TPSA) is 0 Å². The number of rotatable bonds is 5. The molecule has 3 fully saturated rings. The van der Waals surface area contributed by atoms with Gasteiger partial charge in [0.25, 0.3) is 0 Å². The zero-order chi connectivity index (χ0) is 15.0. The Balaban J connectivity index is 1.69. The molecule has 122 valence electrons. The molecule has 0 heteroatoms. The molecule has 3 aliphatic rings. The SMILES string of the molecule is CCCCC1CC2C3CCCC(C(C)C)CC3C2C1CC. The van der Waals surface area contributed by atoms with E-state index in [1.54, 1.807) is 19.3 Å². The molecular weight excluding hydrogens is 252 g/mol. The van der Waals surface area contributed by atoms with Crippen LogP contribution in [0, 0.1) is 47.3 Å². The lowest BCUT2D eigenvalue weighted by molar-refractivity contribution is -0.0360. The molecule has 0 nitrogen and oxygen atoms in total. The Kier molecular flexibility index (Phi) is 5.01. The number of hydrogen-bond acceptors (Lipinski definition) is 0. The number of hydrogen-bond donors (Lipinski definition) is 0. The minimum atomic E-state index is 0.917. The van der Waals surface area contributed by atoms with Gasteiger partial charge < -0.3 is 0 Å². The van der Waals surface area contributed by atoms with E-state index in [1.165, 1.54) is 38.5 Å². The summed E-state index contributed by atoms with van der Waals surface area (Å²) in [4.78, 5) is 0. The first-order valence-electron chi connectivity index (χ1n) is 10.2. The van der Waals surface area contributed by atoms with Gasteiger partial charge in [-0.25, -0.2) is 0 Å². The third-order valence-electron chi connectivity index (χ3n) is 7.79. The monoisotopic (exact) mass is 290 g/mol. The fourth-order valence-electron chi connectivity index (χ4n) is 6.72. The summed E-state index contributed by atoms with van der Waals surface area (Å²) in [6.45, 7) is 9.78. The zero-order valence-corrected chi connectivity index (χ0v) is 15.0. The summed E-state index contributed by atoms with van der Waals surface area (Å²) in [6.07, 6.45) is 13.7. The van der Waals surface area contributed by atoms with E-state index in [0.29, 0.717) is 0 Å². The maximum absolute atomic E-state index is 2.48. The van der Waals surface area contributed by atoms with Crippen LogP contribution >= 0.6 is 0 Å². The van der Waals surface area contributed by atoms with Gasteiger partial charge in [0.1, 0.15) is 0 Å². The van der Waals surface area contributed by atoms with Gasteiger partial charge in [-0.3, -0.25) is 0 Å². The lowest BCUT2D eigenvalue weighted by Crippen LogP contribution is -2.46. The van der Waals surface area contributed by atoms with E-state index in [9.17, 15) is 0 Å². The van der Waals surface area contributed by atoms with Gasteiger partial charge in [0.05, 0.1) is 0 Å². The molecule has 0 aromatic carbocycles. The first-order chi connectivity index (χ1) is 10.2. The molecule has 0 bridgehead atoms. The zero-order valence-electron chi connectivity index (χ0n) is 15.0. The summed E-state index contributed by atoms with van der Waals surface area (Å²) in [5.41, 5.74) is 0. The summed E-state index contributed by atoms with van der Waals surface area (Å²) >= 11 is 0. The first-order valence-corrected chi connectivity index (χ1v) is 10.2. The van der Waals surface area contributed by atoms with Crippen molar-refractivity contribution in [3.05, 3.63) is 0 Å². The Bertz CT molecular complexity index is 331. The third-order valence-corrected chi connectivity index (χ3v) is 7.79. The standard InChI is InChI=1S/C21H38/c1-5-7-9-16-13-20-18-11-8-10-15(14(3)4)12-19(18)21(20)17(16)6-2/h14-21H,5-13H2,1-4H3. The third kappa shape index (κ3) is 2.81. The molecule has 7 unspecified atom stereocenters. The molecule has 21 heavy (non-hydrogen) atoms. The Morgan fingerprint density at radius 1 is 0.952 bits per heavy atom. The Morgan fingerprint density at radius 3 is 2.38 bits per heavy atom. The molecule has 0 aromatic heterocycles. The summed E-state index contributed by atoms with van der Waals surface area (Å²) in [6, 6.07) is 0. The van der Waals surface area contributed by atoms with Gasteiger partial charge in [-0.05, 0) is 66.6 Å². The lowest BCUT2D eigenvalue weighted by atomic mass is 9.53. The van der Waals surface area contributed by atoms with Crippen LogP contribution < -0.4 is 0 Å². The summed E-state index contributed by atoms with van der Waals surface area (Å²) < 4.78 is 0. The average molecular weight is 291 g/mol. The maximum Gasteiger partial charge on any atom is -0.0321 e. The fourth-order valence-corrected chi connectivity index (χ4v) is 6.72. The summed E-state index contributed by atoms with van der Waals surface area (Å²) in [5.74, 6) is 8.69. The van der Waals surface area contributed by atoms with Crippen molar-refractivity contribution in [3.63, 3.8) is 0 Å². The van der Waals surface area contributed by atoms with Crippen LogP contribution in [-0.4, -0.2) is 0 Å². The minimum absolute atomic E-state index is 0.917. The van der Waals surface area contributed by atoms with Crippen LogP contribution in [-0.2, 0) is 0 Å². The molecular formula is C21H38. The smallest absolute Gasteiger partial charge is 0.0321 e. The predicted octanol–water partition coefficient (Wildman–Crippen LogP) is 6.55. The van der Waals surface area contributed by atoms with Crippen molar-refractivity contribution in [1.29, 1.82) is 0 Å². The van der Waals surface area contributed by atoms with Crippen molar-refractivity contribution in [2.45, 2.75) is 85.5 Å². The van der Waals surface area contributed by atoms with E-state index in [1.807, 2.05) is 0 Å². The quantitative estimate of drug-likeness (QED) is 0.538. The van der Waals surface area contributed by atoms with Crippen molar-refractivity contribution < 1.29 is 0 Å². The van der Waals surface area contributed by atoms with Crippen LogP contribution in [0.4, 0.5) is 0 Å². The molecule has 0 saturated heterocycles. The van der Waals surface area contributed by atoms with E-state index in [-0.39, 0.29) is 0 Å². The molecule has 0 radical (unpaired) electrons. The van der Waals surface area contributed by atoms with Crippen molar-refractivity contribution in [3.8, 4) is 0 Å². The average Bonchev–Trinajstić information content (AvgIpc) is 2.64. The Labute approximate surface area is 133 Å². The molecule has 0 N–H and O–H groups in total. The van der Waals surface area contributed by atoms with Gasteiger partial charge in [0, 0.05) is 0 Å². The van der Waals surface area contributed by atoms with E-state index >= 15 is 0 Å². The van der Waals surface area contributed by atoms with E-state index in [2.05, 4.69) is 27.7 Å². The van der Waals surface area contributed by atoms with Gasteiger partial charge >= 0.3 is 0 Å². The summed E-state index contributed by atoms with van der Waals surface area (Å²) in [5, 5.41) is 0. The number of unbranched alkanes of at least 4 members (excludes halogenated alkanes) is 1. The highest BCUT2D eigenvalue weighted by atomic mass is 14.6.